The molecule has 0 aliphatic carbocycles. The van der Waals surface area contributed by atoms with Crippen molar-refractivity contribution in [2.24, 2.45) is 0 Å². The van der Waals surface area contributed by atoms with E-state index in [-0.39, 0.29) is 10.9 Å². The Kier molecular flexibility index (Phi) is 4.69. The molecule has 1 aromatic heterocycles. The molecule has 0 amide bonds. The third-order valence-corrected chi connectivity index (χ3v) is 6.52. The van der Waals surface area contributed by atoms with Crippen molar-refractivity contribution in [3.05, 3.63) is 12.4 Å². The van der Waals surface area contributed by atoms with E-state index in [9.17, 15) is 8.42 Å². The Balaban J connectivity index is 3.08. The monoisotopic (exact) mass is 438 g/mol. The number of rotatable bonds is 3. The first-order chi connectivity index (χ1) is 7.29. The van der Waals surface area contributed by atoms with Crippen LogP contribution in [-0.4, -0.2) is 31.8 Å². The lowest BCUT2D eigenvalue weighted by molar-refractivity contribution is 0.0976. The van der Waals surface area contributed by atoms with E-state index in [1.165, 1.54) is 0 Å². The third-order valence-electron chi connectivity index (χ3n) is 1.38. The molecule has 6 nitrogen and oxygen atoms in total. The number of hydrogen-bond acceptors (Lipinski definition) is 6. The first-order valence-corrected chi connectivity index (χ1v) is 7.52. The van der Waals surface area contributed by atoms with Gasteiger partial charge in [-0.05, 0) is 47.8 Å². The lowest BCUT2D eigenvalue weighted by atomic mass is 10.6. The molecule has 0 saturated carbocycles. The molecule has 0 unspecified atom stereocenters. The number of nitrogens with zero attached hydrogens (tertiary/aromatic N) is 2. The summed E-state index contributed by atoms with van der Waals surface area (Å²) in [7, 11) is -3.80. The van der Waals surface area contributed by atoms with E-state index in [1.807, 2.05) is 0 Å². The highest BCUT2D eigenvalue weighted by atomic mass is 80.0. The summed E-state index contributed by atoms with van der Waals surface area (Å²) in [4.78, 5) is 7.22. The van der Waals surface area contributed by atoms with E-state index in [4.69, 9.17) is 5.11 Å². The fourth-order valence-corrected chi connectivity index (χ4v) is 2.59. The van der Waals surface area contributed by atoms with E-state index in [1.54, 1.807) is 0 Å². The van der Waals surface area contributed by atoms with Crippen molar-refractivity contribution >= 4 is 57.6 Å². The highest BCUT2D eigenvalue weighted by Crippen LogP contribution is 2.42. The number of sulfone groups is 1. The Bertz CT molecular complexity index is 456. The van der Waals surface area contributed by atoms with Crippen molar-refractivity contribution in [2.75, 3.05) is 6.79 Å². The van der Waals surface area contributed by atoms with Gasteiger partial charge in [-0.3, -0.25) is 0 Å². The molecule has 0 aliphatic rings. The maximum Gasteiger partial charge on any atom is 0.250 e. The van der Waals surface area contributed by atoms with Crippen LogP contribution < -0.4 is 4.74 Å². The normalized spacial score (nSPS) is 12.5. The van der Waals surface area contributed by atoms with E-state index < -0.39 is 18.1 Å². The molecule has 10 heteroatoms. The molecule has 0 fully saturated rings. The summed E-state index contributed by atoms with van der Waals surface area (Å²) in [5, 5.41) is 8.07. The second kappa shape index (κ2) is 5.25. The number of aliphatic hydroxyl groups is 1. The number of hydrogen-bond donors (Lipinski definition) is 1. The molecule has 0 bridgehead atoms. The molecule has 0 spiro atoms. The third kappa shape index (κ3) is 3.13. The average Bonchev–Trinajstić information content (AvgIpc) is 2.17. The average molecular weight is 441 g/mol. The van der Waals surface area contributed by atoms with Gasteiger partial charge in [0, 0.05) is 0 Å². The van der Waals surface area contributed by atoms with E-state index >= 15 is 0 Å². The number of ether oxygens (including phenoxy) is 1. The van der Waals surface area contributed by atoms with Gasteiger partial charge in [0.2, 0.25) is 11.3 Å². The van der Waals surface area contributed by atoms with Gasteiger partial charge in [0.05, 0.1) is 12.4 Å². The molecule has 16 heavy (non-hydrogen) atoms. The first-order valence-electron chi connectivity index (χ1n) is 3.66. The smallest absolute Gasteiger partial charge is 0.250 e. The molecular formula is C6H5Br3N2O4S. The summed E-state index contributed by atoms with van der Waals surface area (Å²) in [6.45, 7) is -0.533. The second-order valence-corrected chi connectivity index (χ2v) is 12.7. The Morgan fingerprint density at radius 2 is 1.81 bits per heavy atom. The van der Waals surface area contributed by atoms with Crippen LogP contribution in [0.15, 0.2) is 17.6 Å². The van der Waals surface area contributed by atoms with Gasteiger partial charge in [-0.25, -0.2) is 18.4 Å². The van der Waals surface area contributed by atoms with Crippen molar-refractivity contribution in [1.82, 2.24) is 9.97 Å². The SMILES string of the molecule is O=S(=O)(c1ncc(OCO)cn1)C(Br)(Br)Br. The molecule has 0 aliphatic heterocycles. The summed E-state index contributed by atoms with van der Waals surface area (Å²) in [6.07, 6.45) is 2.30. The van der Waals surface area contributed by atoms with Gasteiger partial charge in [0.25, 0.3) is 5.16 Å². The zero-order valence-corrected chi connectivity index (χ0v) is 13.0. The molecule has 1 rings (SSSR count). The van der Waals surface area contributed by atoms with Gasteiger partial charge in [-0.2, -0.15) is 0 Å². The van der Waals surface area contributed by atoms with Crippen molar-refractivity contribution in [3.8, 4) is 5.75 Å². The van der Waals surface area contributed by atoms with Crippen molar-refractivity contribution in [1.29, 1.82) is 0 Å². The topological polar surface area (TPSA) is 89.4 Å². The van der Waals surface area contributed by atoms with Crippen LogP contribution in [0.3, 0.4) is 0 Å². The summed E-state index contributed by atoms with van der Waals surface area (Å²) >= 11 is 8.64. The highest BCUT2D eigenvalue weighted by molar-refractivity contribution is 9.42. The molecule has 1 N–H and O–H groups in total. The van der Waals surface area contributed by atoms with Crippen LogP contribution in [0.5, 0.6) is 5.75 Å². The Morgan fingerprint density at radius 3 is 2.19 bits per heavy atom. The van der Waals surface area contributed by atoms with Gasteiger partial charge in [-0.15, -0.1) is 0 Å². The van der Waals surface area contributed by atoms with E-state index in [0.717, 1.165) is 12.4 Å². The number of aromatic nitrogens is 2. The standard InChI is InChI=1S/C6H5Br3N2O4S/c7-6(8,9)16(13,14)5-10-1-4(2-11-5)15-3-12/h1-2,12H,3H2. The summed E-state index contributed by atoms with van der Waals surface area (Å²) in [6, 6.07) is 0. The Hall–Kier alpha value is 0.230. The predicted molar refractivity (Wildman–Crippen MR) is 66.4 cm³/mol. The van der Waals surface area contributed by atoms with Gasteiger partial charge in [-0.1, -0.05) is 0 Å². The molecule has 0 aromatic carbocycles. The van der Waals surface area contributed by atoms with Gasteiger partial charge >= 0.3 is 0 Å². The Morgan fingerprint density at radius 1 is 1.31 bits per heavy atom. The van der Waals surface area contributed by atoms with Crippen LogP contribution in [0.25, 0.3) is 0 Å². The van der Waals surface area contributed by atoms with Crippen molar-refractivity contribution < 1.29 is 18.3 Å². The Labute approximate surface area is 117 Å². The first kappa shape index (κ1) is 14.3. The molecule has 90 valence electrons. The van der Waals surface area contributed by atoms with Gasteiger partial charge < -0.3 is 9.84 Å². The van der Waals surface area contributed by atoms with Crippen LogP contribution >= 0.6 is 47.8 Å². The maximum absolute atomic E-state index is 11.8. The zero-order chi connectivity index (χ0) is 12.4. The molecule has 0 atom stereocenters. The van der Waals surface area contributed by atoms with Crippen molar-refractivity contribution in [2.45, 2.75) is 6.63 Å². The molecule has 1 heterocycles. The minimum absolute atomic E-state index is 0.172. The highest BCUT2D eigenvalue weighted by Gasteiger charge is 2.39. The molecule has 0 radical (unpaired) electrons. The fourth-order valence-electron chi connectivity index (χ4n) is 0.696. The van der Waals surface area contributed by atoms with Crippen LogP contribution in [0, 0.1) is 0 Å². The zero-order valence-electron chi connectivity index (χ0n) is 7.47. The predicted octanol–water partition coefficient (Wildman–Crippen LogP) is 1.37. The minimum atomic E-state index is -3.80. The van der Waals surface area contributed by atoms with Crippen LogP contribution in [-0.2, 0) is 9.84 Å². The molecule has 1 aromatic rings. The maximum atomic E-state index is 11.8. The van der Waals surface area contributed by atoms with Crippen LogP contribution in [0.1, 0.15) is 0 Å². The van der Waals surface area contributed by atoms with Gasteiger partial charge in [0.15, 0.2) is 12.5 Å². The number of aliphatic hydroxyl groups excluding tert-OH is 1. The molecular weight excluding hydrogens is 436 g/mol. The van der Waals surface area contributed by atoms with E-state index in [0.29, 0.717) is 0 Å². The summed E-state index contributed by atoms with van der Waals surface area (Å²) < 4.78 is 26.7. The largest absolute Gasteiger partial charge is 0.465 e. The number of alkyl halides is 3. The fraction of sp³-hybridized carbons (Fsp3) is 0.333. The van der Waals surface area contributed by atoms with Crippen LogP contribution in [0.2, 0.25) is 0 Å². The van der Waals surface area contributed by atoms with E-state index in [2.05, 4.69) is 62.5 Å². The number of halogens is 3. The second-order valence-electron chi connectivity index (χ2n) is 2.42. The lowest BCUT2D eigenvalue weighted by Crippen LogP contribution is -2.20. The van der Waals surface area contributed by atoms with Crippen LogP contribution in [0.4, 0.5) is 0 Å². The summed E-state index contributed by atoms with van der Waals surface area (Å²) in [5.41, 5.74) is 0. The quantitative estimate of drug-likeness (QED) is 0.434. The summed E-state index contributed by atoms with van der Waals surface area (Å²) in [5.74, 6) is 0.172. The lowest BCUT2D eigenvalue weighted by Gasteiger charge is -2.11. The molecule has 0 saturated heterocycles. The minimum Gasteiger partial charge on any atom is -0.465 e. The van der Waals surface area contributed by atoms with Gasteiger partial charge in [0.1, 0.15) is 0 Å². The van der Waals surface area contributed by atoms with Crippen molar-refractivity contribution in [3.63, 3.8) is 0 Å².